The Morgan fingerprint density at radius 2 is 1.44 bits per heavy atom. The number of benzene rings is 3. The van der Waals surface area contributed by atoms with Gasteiger partial charge in [0.15, 0.2) is 0 Å². The lowest BCUT2D eigenvalue weighted by Crippen LogP contribution is -2.55. The first-order chi connectivity index (χ1) is 32.6. The molecule has 18 nitrogen and oxygen atoms in total. The molecule has 0 saturated carbocycles. The molecule has 6 rings (SSSR count). The third kappa shape index (κ3) is 12.5. The monoisotopic (exact) mass is 958 g/mol. The molecule has 2 atom stereocenters. The van der Waals surface area contributed by atoms with E-state index in [1.54, 1.807) is 12.1 Å². The Kier molecular flexibility index (Phi) is 17.5. The molecule has 68 heavy (non-hydrogen) atoms. The van der Waals surface area contributed by atoms with E-state index in [2.05, 4.69) is 48.1 Å². The third-order valence-corrected chi connectivity index (χ3v) is 13.4. The average Bonchev–Trinajstić information content (AvgIpc) is 3.93. The maximum atomic E-state index is 14.8. The molecule has 4 aromatic rings. The van der Waals surface area contributed by atoms with Crippen LogP contribution in [0.25, 0.3) is 33.1 Å². The van der Waals surface area contributed by atoms with Crippen molar-refractivity contribution in [2.45, 2.75) is 91.1 Å². The van der Waals surface area contributed by atoms with Gasteiger partial charge in [0.25, 0.3) is 27.8 Å². The number of anilines is 2. The van der Waals surface area contributed by atoms with Gasteiger partial charge in [0, 0.05) is 87.6 Å². The number of likely N-dealkylation sites (tertiary alicyclic amines) is 1. The van der Waals surface area contributed by atoms with Crippen molar-refractivity contribution in [3.05, 3.63) is 66.2 Å². The van der Waals surface area contributed by atoms with Gasteiger partial charge in [-0.2, -0.15) is 8.42 Å². The fraction of sp³-hybridized carbons (Fsp3) is 0.490. The number of amides is 5. The number of hydrogen-bond acceptors (Lipinski definition) is 12. The van der Waals surface area contributed by atoms with Crippen molar-refractivity contribution in [2.24, 2.45) is 0 Å². The van der Waals surface area contributed by atoms with Crippen molar-refractivity contribution in [1.29, 1.82) is 0 Å². The molecule has 3 heterocycles. The second-order valence-corrected chi connectivity index (χ2v) is 18.6. The highest BCUT2D eigenvalue weighted by Gasteiger charge is 2.39. The molecule has 2 saturated heterocycles. The molecule has 19 heteroatoms. The maximum absolute atomic E-state index is 14.8. The number of rotatable bonds is 23. The Morgan fingerprint density at radius 1 is 0.838 bits per heavy atom. The number of carbonyl (C=O) groups excluding carboxylic acids is 6. The van der Waals surface area contributed by atoms with Gasteiger partial charge in [-0.15, -0.1) is 5.06 Å². The van der Waals surface area contributed by atoms with Crippen LogP contribution in [-0.2, 0) is 38.9 Å². The summed E-state index contributed by atoms with van der Waals surface area (Å²) in [4.78, 5) is 90.4. The normalized spacial score (nSPS) is 15.6. The summed E-state index contributed by atoms with van der Waals surface area (Å²) in [6.45, 7) is 12.9. The summed E-state index contributed by atoms with van der Waals surface area (Å²) in [6, 6.07) is 16.8. The summed E-state index contributed by atoms with van der Waals surface area (Å²) in [6.07, 6.45) is 2.63. The van der Waals surface area contributed by atoms with Gasteiger partial charge >= 0.3 is 17.1 Å². The Balaban J connectivity index is 1.14. The van der Waals surface area contributed by atoms with E-state index in [4.69, 9.17) is 9.25 Å². The van der Waals surface area contributed by atoms with Gasteiger partial charge in [-0.1, -0.05) is 24.6 Å². The highest BCUT2D eigenvalue weighted by atomic mass is 32.2. The number of fused-ring (bicyclic) bond motifs is 2. The van der Waals surface area contributed by atoms with Crippen LogP contribution in [0.5, 0.6) is 0 Å². The first kappa shape index (κ1) is 51.2. The van der Waals surface area contributed by atoms with Crippen molar-refractivity contribution >= 4 is 78.9 Å². The van der Waals surface area contributed by atoms with Gasteiger partial charge < -0.3 is 35.1 Å². The summed E-state index contributed by atoms with van der Waals surface area (Å²) >= 11 is 0. The molecule has 2 fully saturated rings. The lowest BCUT2D eigenvalue weighted by Gasteiger charge is -2.27. The number of imide groups is 1. The summed E-state index contributed by atoms with van der Waals surface area (Å²) in [7, 11) is -2.91. The van der Waals surface area contributed by atoms with Gasteiger partial charge in [0.05, 0.1) is 22.9 Å². The van der Waals surface area contributed by atoms with E-state index < -0.39 is 63.5 Å². The fourth-order valence-electron chi connectivity index (χ4n) is 8.95. The van der Waals surface area contributed by atoms with Crippen LogP contribution in [0.3, 0.4) is 0 Å². The molecule has 0 radical (unpaired) electrons. The van der Waals surface area contributed by atoms with Gasteiger partial charge in [-0.05, 0) is 103 Å². The van der Waals surface area contributed by atoms with Crippen LogP contribution in [0, 0.1) is 0 Å². The molecular weight excluding hydrogens is 895 g/mol. The van der Waals surface area contributed by atoms with E-state index in [0.717, 1.165) is 53.9 Å². The Bertz CT molecular complexity index is 2530. The summed E-state index contributed by atoms with van der Waals surface area (Å²) in [5.41, 5.74) is 5.10. The Labute approximate surface area is 397 Å². The number of hydrogen-bond donors (Lipinski definition) is 3. The molecule has 3 aromatic carbocycles. The van der Waals surface area contributed by atoms with Crippen LogP contribution in [0.4, 0.5) is 11.4 Å². The quantitative estimate of drug-likeness (QED) is 0.0278. The molecule has 0 spiro atoms. The van der Waals surface area contributed by atoms with Crippen molar-refractivity contribution in [2.75, 3.05) is 75.0 Å². The van der Waals surface area contributed by atoms with E-state index in [9.17, 15) is 41.7 Å². The van der Waals surface area contributed by atoms with Crippen molar-refractivity contribution in [3.8, 4) is 11.1 Å². The second-order valence-electron chi connectivity index (χ2n) is 17.1. The molecule has 2 aliphatic rings. The smallest absolute Gasteiger partial charge is 0.363 e. The number of hydroxylamine groups is 2. The minimum Gasteiger partial charge on any atom is -0.372 e. The highest BCUT2D eigenvalue weighted by Crippen LogP contribution is 2.41. The third-order valence-electron chi connectivity index (χ3n) is 12.6. The van der Waals surface area contributed by atoms with Crippen LogP contribution in [0.15, 0.2) is 65.1 Å². The SMILES string of the molecule is CCN(CC)c1ccc2c(-c3ccccc3C(=O)N3CCCC3C(=O)NC(CS(=O)(=O)O)C(=O)NCCN(C)CCCCCC(=O)ON3C(=O)CCC3=O)c3ccc(N(CC)CC)cc3[o+]c2c1. The molecule has 5 amide bonds. The first-order valence-electron chi connectivity index (χ1n) is 23.6. The molecule has 1 aromatic heterocycles. The summed E-state index contributed by atoms with van der Waals surface area (Å²) in [5, 5.41) is 7.31. The zero-order chi connectivity index (χ0) is 49.1. The Morgan fingerprint density at radius 3 is 2.03 bits per heavy atom. The zero-order valence-corrected chi connectivity index (χ0v) is 40.4. The van der Waals surface area contributed by atoms with Crippen LogP contribution < -0.4 is 20.4 Å². The van der Waals surface area contributed by atoms with E-state index in [0.29, 0.717) is 66.1 Å². The second kappa shape index (κ2) is 23.2. The minimum absolute atomic E-state index is 0.0217. The number of nitrogens with one attached hydrogen (secondary N) is 2. The van der Waals surface area contributed by atoms with Gasteiger partial charge in [-0.25, -0.2) is 9.21 Å². The number of unbranched alkanes of at least 4 members (excludes halogenated alkanes) is 2. The predicted molar refractivity (Wildman–Crippen MR) is 259 cm³/mol. The van der Waals surface area contributed by atoms with Gasteiger partial charge in [0.1, 0.15) is 17.8 Å². The molecule has 2 unspecified atom stereocenters. The zero-order valence-electron chi connectivity index (χ0n) is 39.6. The maximum Gasteiger partial charge on any atom is 0.363 e. The average molecular weight is 959 g/mol. The standard InChI is InChI=1S/C49H63N7O11S/c1-6-53(7-2)33-20-22-37-41(30-33)66-42-31-34(54(8-3)9-4)21-23-38(42)46(37)35-16-12-13-17-36(35)49(62)55-28-15-18-40(55)48(61)51-39(32-68(63,64)65)47(60)50-26-29-52(5)27-14-10-11-19-45(59)67-56-43(57)24-25-44(56)58/h12-13,16-17,20-23,30-31,39-40H,6-11,14-15,18-19,24-29,32H2,1-5H3,(H2-,50,51,60,61,63,64,65)/p+1. The van der Waals surface area contributed by atoms with Crippen LogP contribution in [0.2, 0.25) is 0 Å². The molecule has 3 N–H and O–H groups in total. The van der Waals surface area contributed by atoms with Crippen LogP contribution >= 0.6 is 0 Å². The number of nitrogens with zero attached hydrogens (tertiary/aromatic N) is 5. The lowest BCUT2D eigenvalue weighted by molar-refractivity contribution is -0.197. The number of likely N-dealkylation sites (N-methyl/N-ethyl adjacent to an activating group) is 1. The summed E-state index contributed by atoms with van der Waals surface area (Å²) in [5.74, 6) is -4.75. The highest BCUT2D eigenvalue weighted by molar-refractivity contribution is 7.85. The van der Waals surface area contributed by atoms with Crippen LogP contribution in [-0.4, -0.2) is 141 Å². The topological polar surface area (TPSA) is 218 Å². The minimum atomic E-state index is -4.73. The lowest BCUT2D eigenvalue weighted by atomic mass is 9.92. The van der Waals surface area contributed by atoms with Gasteiger partial charge in [-0.3, -0.25) is 28.5 Å². The molecular formula is C49H64N7O11S+. The molecule has 0 aliphatic carbocycles. The summed E-state index contributed by atoms with van der Waals surface area (Å²) < 4.78 is 40.7. The largest absolute Gasteiger partial charge is 0.372 e. The van der Waals surface area contributed by atoms with Crippen molar-refractivity contribution < 1.29 is 51.0 Å². The van der Waals surface area contributed by atoms with Crippen molar-refractivity contribution in [1.82, 2.24) is 25.5 Å². The van der Waals surface area contributed by atoms with E-state index in [1.807, 2.05) is 60.5 Å². The van der Waals surface area contributed by atoms with Gasteiger partial charge in [0.2, 0.25) is 11.8 Å². The van der Waals surface area contributed by atoms with E-state index >= 15 is 0 Å². The van der Waals surface area contributed by atoms with Crippen molar-refractivity contribution in [3.63, 3.8) is 0 Å². The van der Waals surface area contributed by atoms with Crippen LogP contribution in [0.1, 0.15) is 89.4 Å². The fourth-order valence-corrected chi connectivity index (χ4v) is 9.61. The number of carbonyl (C=O) groups is 6. The molecule has 0 bridgehead atoms. The Hall–Kier alpha value is -6.18. The predicted octanol–water partition coefficient (Wildman–Crippen LogP) is 5.42. The molecule has 366 valence electrons. The molecule has 2 aliphatic heterocycles. The van der Waals surface area contributed by atoms with E-state index in [-0.39, 0.29) is 38.8 Å². The van der Waals surface area contributed by atoms with E-state index in [1.165, 1.54) is 4.90 Å². The first-order valence-corrected chi connectivity index (χ1v) is 25.2.